The zero-order valence-corrected chi connectivity index (χ0v) is 10.6. The Morgan fingerprint density at radius 1 is 1.33 bits per heavy atom. The van der Waals surface area contributed by atoms with Gasteiger partial charge in [0.1, 0.15) is 0 Å². The fourth-order valence-corrected chi connectivity index (χ4v) is 2.31. The average molecular weight is 270 g/mol. The minimum Gasteiger partial charge on any atom is -0.379 e. The molecule has 1 fully saturated rings. The molecule has 0 amide bonds. The molecule has 2 nitrogen and oxygen atoms in total. The number of aryl methyl sites for hydroxylation is 1. The molecule has 0 unspecified atom stereocenters. The smallest absolute Gasteiger partial charge is 0.0594 e. The summed E-state index contributed by atoms with van der Waals surface area (Å²) in [6.45, 7) is 7.05. The number of hydrogen-bond donors (Lipinski definition) is 0. The highest BCUT2D eigenvalue weighted by Gasteiger charge is 2.11. The van der Waals surface area contributed by atoms with Crippen LogP contribution in [0.2, 0.25) is 0 Å². The van der Waals surface area contributed by atoms with Gasteiger partial charge in [-0.25, -0.2) is 0 Å². The van der Waals surface area contributed by atoms with Gasteiger partial charge in [0.05, 0.1) is 13.2 Å². The lowest BCUT2D eigenvalue weighted by molar-refractivity contribution is 0.0341. The van der Waals surface area contributed by atoms with Crippen molar-refractivity contribution in [3.05, 3.63) is 33.8 Å². The third kappa shape index (κ3) is 3.03. The van der Waals surface area contributed by atoms with Gasteiger partial charge in [-0.3, -0.25) is 4.90 Å². The molecule has 0 aromatic heterocycles. The van der Waals surface area contributed by atoms with E-state index in [1.807, 2.05) is 0 Å². The first-order chi connectivity index (χ1) is 7.25. The van der Waals surface area contributed by atoms with Crippen LogP contribution in [-0.2, 0) is 11.3 Å². The summed E-state index contributed by atoms with van der Waals surface area (Å²) in [4.78, 5) is 2.44. The molecule has 1 aliphatic heterocycles. The Kier molecular flexibility index (Phi) is 3.78. The first-order valence-electron chi connectivity index (χ1n) is 5.31. The van der Waals surface area contributed by atoms with Crippen LogP contribution in [-0.4, -0.2) is 31.2 Å². The van der Waals surface area contributed by atoms with Crippen molar-refractivity contribution in [3.8, 4) is 0 Å². The van der Waals surface area contributed by atoms with Crippen LogP contribution in [0.1, 0.15) is 11.1 Å². The highest BCUT2D eigenvalue weighted by atomic mass is 79.9. The van der Waals surface area contributed by atoms with Gasteiger partial charge in [-0.15, -0.1) is 0 Å². The van der Waals surface area contributed by atoms with Crippen molar-refractivity contribution in [3.63, 3.8) is 0 Å². The summed E-state index contributed by atoms with van der Waals surface area (Å²) in [6, 6.07) is 6.49. The Hall–Kier alpha value is -0.380. The number of ether oxygens (including phenoxy) is 1. The fourth-order valence-electron chi connectivity index (χ4n) is 1.84. The van der Waals surface area contributed by atoms with Gasteiger partial charge in [-0.1, -0.05) is 22.0 Å². The number of hydrogen-bond acceptors (Lipinski definition) is 2. The monoisotopic (exact) mass is 269 g/mol. The maximum atomic E-state index is 5.34. The Balaban J connectivity index is 2.03. The van der Waals surface area contributed by atoms with Crippen molar-refractivity contribution in [2.45, 2.75) is 13.5 Å². The molecule has 0 aliphatic carbocycles. The normalized spacial score (nSPS) is 18.0. The van der Waals surface area contributed by atoms with Crippen molar-refractivity contribution in [1.82, 2.24) is 4.90 Å². The quantitative estimate of drug-likeness (QED) is 0.819. The molecular formula is C12H16BrNO. The molecule has 0 spiro atoms. The second kappa shape index (κ2) is 5.10. The van der Waals surface area contributed by atoms with E-state index in [2.05, 4.69) is 46.0 Å². The van der Waals surface area contributed by atoms with Crippen molar-refractivity contribution in [2.24, 2.45) is 0 Å². The minimum atomic E-state index is 0.871. The first-order valence-corrected chi connectivity index (χ1v) is 6.10. The summed E-state index contributed by atoms with van der Waals surface area (Å²) >= 11 is 3.49. The topological polar surface area (TPSA) is 12.5 Å². The van der Waals surface area contributed by atoms with E-state index < -0.39 is 0 Å². The molecular weight excluding hydrogens is 254 g/mol. The molecule has 1 heterocycles. The Bertz CT molecular complexity index is 334. The summed E-state index contributed by atoms with van der Waals surface area (Å²) in [5, 5.41) is 0. The molecule has 1 aliphatic rings. The SMILES string of the molecule is Cc1cc(Br)ccc1CN1CCOCC1. The van der Waals surface area contributed by atoms with Crippen LogP contribution in [0.5, 0.6) is 0 Å². The van der Waals surface area contributed by atoms with Gasteiger partial charge < -0.3 is 4.74 Å². The van der Waals surface area contributed by atoms with Crippen LogP contribution < -0.4 is 0 Å². The third-order valence-electron chi connectivity index (χ3n) is 2.80. The standard InChI is InChI=1S/C12H16BrNO/c1-10-8-12(13)3-2-11(10)9-14-4-6-15-7-5-14/h2-3,8H,4-7,9H2,1H3. The van der Waals surface area contributed by atoms with E-state index in [9.17, 15) is 0 Å². The van der Waals surface area contributed by atoms with Gasteiger partial charge >= 0.3 is 0 Å². The lowest BCUT2D eigenvalue weighted by Crippen LogP contribution is -2.35. The number of benzene rings is 1. The first kappa shape index (κ1) is 11.1. The highest BCUT2D eigenvalue weighted by Crippen LogP contribution is 2.17. The summed E-state index contributed by atoms with van der Waals surface area (Å²) in [5.74, 6) is 0. The van der Waals surface area contributed by atoms with Crippen molar-refractivity contribution >= 4 is 15.9 Å². The van der Waals surface area contributed by atoms with E-state index in [1.54, 1.807) is 0 Å². The lowest BCUT2D eigenvalue weighted by atomic mass is 10.1. The van der Waals surface area contributed by atoms with Crippen LogP contribution in [0.3, 0.4) is 0 Å². The average Bonchev–Trinajstić information content (AvgIpc) is 2.24. The van der Waals surface area contributed by atoms with E-state index in [4.69, 9.17) is 4.74 Å². The van der Waals surface area contributed by atoms with Crippen molar-refractivity contribution in [2.75, 3.05) is 26.3 Å². The van der Waals surface area contributed by atoms with Gasteiger partial charge in [0.15, 0.2) is 0 Å². The van der Waals surface area contributed by atoms with Crippen LogP contribution in [0.15, 0.2) is 22.7 Å². The third-order valence-corrected chi connectivity index (χ3v) is 3.30. The van der Waals surface area contributed by atoms with Crippen LogP contribution in [0.25, 0.3) is 0 Å². The minimum absolute atomic E-state index is 0.871. The number of nitrogens with zero attached hydrogens (tertiary/aromatic N) is 1. The van der Waals surface area contributed by atoms with Crippen LogP contribution >= 0.6 is 15.9 Å². The molecule has 1 saturated heterocycles. The van der Waals surface area contributed by atoms with Gasteiger partial charge in [0, 0.05) is 24.1 Å². The largest absolute Gasteiger partial charge is 0.379 e. The number of morpholine rings is 1. The summed E-state index contributed by atoms with van der Waals surface area (Å²) in [7, 11) is 0. The van der Waals surface area contributed by atoms with Crippen LogP contribution in [0.4, 0.5) is 0 Å². The predicted molar refractivity (Wildman–Crippen MR) is 65.0 cm³/mol. The molecule has 82 valence electrons. The summed E-state index contributed by atoms with van der Waals surface area (Å²) in [6.07, 6.45) is 0. The molecule has 0 radical (unpaired) electrons. The second-order valence-electron chi connectivity index (χ2n) is 3.96. The predicted octanol–water partition coefficient (Wildman–Crippen LogP) is 2.59. The lowest BCUT2D eigenvalue weighted by Gasteiger charge is -2.27. The second-order valence-corrected chi connectivity index (χ2v) is 4.88. The summed E-state index contributed by atoms with van der Waals surface area (Å²) < 4.78 is 6.50. The van der Waals surface area contributed by atoms with E-state index in [1.165, 1.54) is 11.1 Å². The summed E-state index contributed by atoms with van der Waals surface area (Å²) in [5.41, 5.74) is 2.77. The number of halogens is 1. The van der Waals surface area contributed by atoms with Gasteiger partial charge in [0.2, 0.25) is 0 Å². The van der Waals surface area contributed by atoms with Crippen molar-refractivity contribution in [1.29, 1.82) is 0 Å². The Labute approximate surface area is 99.4 Å². The molecule has 0 saturated carbocycles. The van der Waals surface area contributed by atoms with E-state index in [0.29, 0.717) is 0 Å². The molecule has 15 heavy (non-hydrogen) atoms. The fraction of sp³-hybridized carbons (Fsp3) is 0.500. The number of rotatable bonds is 2. The molecule has 1 aromatic rings. The molecule has 3 heteroatoms. The van der Waals surface area contributed by atoms with Gasteiger partial charge in [-0.2, -0.15) is 0 Å². The Morgan fingerprint density at radius 2 is 2.07 bits per heavy atom. The van der Waals surface area contributed by atoms with Gasteiger partial charge in [0.25, 0.3) is 0 Å². The molecule has 0 N–H and O–H groups in total. The molecule has 1 aromatic carbocycles. The zero-order valence-electron chi connectivity index (χ0n) is 9.00. The zero-order chi connectivity index (χ0) is 10.7. The Morgan fingerprint density at radius 3 is 2.73 bits per heavy atom. The van der Waals surface area contributed by atoms with E-state index >= 15 is 0 Å². The maximum Gasteiger partial charge on any atom is 0.0594 e. The van der Waals surface area contributed by atoms with Crippen LogP contribution in [0, 0.1) is 6.92 Å². The van der Waals surface area contributed by atoms with E-state index in [-0.39, 0.29) is 0 Å². The van der Waals surface area contributed by atoms with Crippen molar-refractivity contribution < 1.29 is 4.74 Å². The highest BCUT2D eigenvalue weighted by molar-refractivity contribution is 9.10. The molecule has 0 atom stereocenters. The van der Waals surface area contributed by atoms with E-state index in [0.717, 1.165) is 37.3 Å². The maximum absolute atomic E-state index is 5.34. The van der Waals surface area contributed by atoms with Gasteiger partial charge in [-0.05, 0) is 30.2 Å². The molecule has 0 bridgehead atoms. The molecule has 2 rings (SSSR count).